The van der Waals surface area contributed by atoms with E-state index in [9.17, 15) is 0 Å². The molecule has 1 aromatic heterocycles. The van der Waals surface area contributed by atoms with Gasteiger partial charge in [-0.25, -0.2) is 4.98 Å². The monoisotopic (exact) mass is 331 g/mol. The Bertz CT molecular complexity index is 659. The van der Waals surface area contributed by atoms with Gasteiger partial charge in [-0.05, 0) is 44.1 Å². The second kappa shape index (κ2) is 6.75. The van der Waals surface area contributed by atoms with Crippen LogP contribution in [0.2, 0.25) is 0 Å². The van der Waals surface area contributed by atoms with Crippen LogP contribution in [-0.2, 0) is 0 Å². The van der Waals surface area contributed by atoms with Gasteiger partial charge in [-0.3, -0.25) is 0 Å². The lowest BCUT2D eigenvalue weighted by atomic mass is 9.99. The molecule has 3 rings (SSSR count). The quantitative estimate of drug-likeness (QED) is 0.681. The van der Waals surface area contributed by atoms with Gasteiger partial charge in [0, 0.05) is 25.6 Å². The van der Waals surface area contributed by atoms with E-state index in [0.29, 0.717) is 5.92 Å². The van der Waals surface area contributed by atoms with Crippen LogP contribution in [0.15, 0.2) is 36.4 Å². The van der Waals surface area contributed by atoms with Gasteiger partial charge < -0.3 is 10.2 Å². The lowest BCUT2D eigenvalue weighted by Gasteiger charge is -2.33. The van der Waals surface area contributed by atoms with Crippen LogP contribution in [0.4, 0.5) is 0 Å². The molecule has 116 valence electrons. The molecule has 1 aliphatic heterocycles. The maximum atomic E-state index is 5.52. The second-order valence-electron chi connectivity index (χ2n) is 5.92. The van der Waals surface area contributed by atoms with E-state index in [-0.39, 0.29) is 0 Å². The molecule has 0 spiro atoms. The third-order valence-electron chi connectivity index (χ3n) is 3.91. The van der Waals surface area contributed by atoms with E-state index in [0.717, 1.165) is 42.3 Å². The van der Waals surface area contributed by atoms with Crippen molar-refractivity contribution >= 4 is 38.9 Å². The zero-order valence-electron chi connectivity index (χ0n) is 12.8. The van der Waals surface area contributed by atoms with Gasteiger partial charge in [-0.15, -0.1) is 11.3 Å². The topological polar surface area (TPSA) is 28.2 Å². The Morgan fingerprint density at radius 3 is 3.09 bits per heavy atom. The summed E-state index contributed by atoms with van der Waals surface area (Å²) in [5.74, 6) is 0.482. The summed E-state index contributed by atoms with van der Waals surface area (Å²) in [6.07, 6.45) is 2.36. The minimum atomic E-state index is 0.482. The molecule has 1 N–H and O–H groups in total. The van der Waals surface area contributed by atoms with Crippen LogP contribution in [0.25, 0.3) is 10.2 Å². The number of piperidine rings is 1. The molecule has 0 bridgehead atoms. The van der Waals surface area contributed by atoms with E-state index in [2.05, 4.69) is 41.1 Å². The van der Waals surface area contributed by atoms with Crippen molar-refractivity contribution in [2.24, 2.45) is 0 Å². The summed E-state index contributed by atoms with van der Waals surface area (Å²) in [5.41, 5.74) is 2.21. The number of nitrogens with one attached hydrogen (secondary N) is 1. The molecule has 1 fully saturated rings. The van der Waals surface area contributed by atoms with Gasteiger partial charge in [0.1, 0.15) is 0 Å². The van der Waals surface area contributed by atoms with Crippen LogP contribution < -0.4 is 5.32 Å². The predicted octanol–water partition coefficient (Wildman–Crippen LogP) is 3.93. The summed E-state index contributed by atoms with van der Waals surface area (Å²) in [5, 5.41) is 5.38. The molecule has 0 unspecified atom stereocenters. The molecule has 1 aliphatic rings. The van der Waals surface area contributed by atoms with Crippen LogP contribution in [0.5, 0.6) is 0 Å². The molecule has 5 heteroatoms. The molecule has 1 aromatic carbocycles. The highest BCUT2D eigenvalue weighted by molar-refractivity contribution is 7.80. The molecule has 1 saturated heterocycles. The average Bonchev–Trinajstić information content (AvgIpc) is 2.96. The average molecular weight is 332 g/mol. The number of aromatic nitrogens is 1. The molecule has 0 amide bonds. The molecule has 0 aliphatic carbocycles. The maximum Gasteiger partial charge on any atom is 0.169 e. The zero-order valence-corrected chi connectivity index (χ0v) is 14.5. The maximum absolute atomic E-state index is 5.52. The Balaban J connectivity index is 1.69. The van der Waals surface area contributed by atoms with Gasteiger partial charge in [0.15, 0.2) is 5.11 Å². The molecule has 3 nitrogen and oxygen atoms in total. The SMILES string of the molecule is C=C(C)CNC(=S)N1CCC[C@@H](c2nc3ccccc3s2)C1. The lowest BCUT2D eigenvalue weighted by Crippen LogP contribution is -2.45. The van der Waals surface area contributed by atoms with Crippen molar-refractivity contribution in [3.8, 4) is 0 Å². The number of rotatable bonds is 3. The zero-order chi connectivity index (χ0) is 15.5. The van der Waals surface area contributed by atoms with Crippen LogP contribution in [-0.4, -0.2) is 34.6 Å². The van der Waals surface area contributed by atoms with Crippen LogP contribution >= 0.6 is 23.6 Å². The molecule has 1 atom stereocenters. The van der Waals surface area contributed by atoms with Crippen LogP contribution in [0.1, 0.15) is 30.7 Å². The molecular weight excluding hydrogens is 310 g/mol. The standard InChI is InChI=1S/C17H21N3S2/c1-12(2)10-18-17(21)20-9-5-6-13(11-20)16-19-14-7-3-4-8-15(14)22-16/h3-4,7-8,13H,1,5-6,9-11H2,2H3,(H,18,21)/t13-/m1/s1. The Labute approximate surface area is 141 Å². The normalized spacial score (nSPS) is 18.4. The van der Waals surface area contributed by atoms with E-state index < -0.39 is 0 Å². The van der Waals surface area contributed by atoms with Crippen molar-refractivity contribution in [2.45, 2.75) is 25.7 Å². The summed E-state index contributed by atoms with van der Waals surface area (Å²) >= 11 is 7.34. The molecule has 2 heterocycles. The highest BCUT2D eigenvalue weighted by Crippen LogP contribution is 2.32. The number of likely N-dealkylation sites (tertiary alicyclic amines) is 1. The third kappa shape index (κ3) is 3.47. The first-order valence-electron chi connectivity index (χ1n) is 7.66. The molecule has 0 saturated carbocycles. The minimum Gasteiger partial charge on any atom is -0.359 e. The van der Waals surface area contributed by atoms with Gasteiger partial charge in [0.25, 0.3) is 0 Å². The van der Waals surface area contributed by atoms with Crippen molar-refractivity contribution in [1.82, 2.24) is 15.2 Å². The van der Waals surface area contributed by atoms with Gasteiger partial charge in [-0.1, -0.05) is 24.3 Å². The molecular formula is C17H21N3S2. The number of thiazole rings is 1. The highest BCUT2D eigenvalue weighted by atomic mass is 32.1. The van der Waals surface area contributed by atoms with Crippen LogP contribution in [0, 0.1) is 0 Å². The highest BCUT2D eigenvalue weighted by Gasteiger charge is 2.25. The third-order valence-corrected chi connectivity index (χ3v) is 5.51. The number of hydrogen-bond donors (Lipinski definition) is 1. The fraction of sp³-hybridized carbons (Fsp3) is 0.412. The van der Waals surface area contributed by atoms with E-state index >= 15 is 0 Å². The predicted molar refractivity (Wildman–Crippen MR) is 98.6 cm³/mol. The van der Waals surface area contributed by atoms with E-state index in [1.54, 1.807) is 0 Å². The van der Waals surface area contributed by atoms with Crippen LogP contribution in [0.3, 0.4) is 0 Å². The van der Waals surface area contributed by atoms with Gasteiger partial charge >= 0.3 is 0 Å². The first kappa shape index (κ1) is 15.4. The largest absolute Gasteiger partial charge is 0.359 e. The van der Waals surface area contributed by atoms with E-state index in [4.69, 9.17) is 17.2 Å². The number of para-hydroxylation sites is 1. The number of nitrogens with zero attached hydrogens (tertiary/aromatic N) is 2. The number of benzene rings is 1. The second-order valence-corrected chi connectivity index (χ2v) is 7.37. The van der Waals surface area contributed by atoms with Crippen molar-refractivity contribution in [3.63, 3.8) is 0 Å². The first-order valence-corrected chi connectivity index (χ1v) is 8.88. The minimum absolute atomic E-state index is 0.482. The lowest BCUT2D eigenvalue weighted by molar-refractivity contribution is 0.306. The Morgan fingerprint density at radius 1 is 1.50 bits per heavy atom. The summed E-state index contributed by atoms with van der Waals surface area (Å²) in [4.78, 5) is 7.09. The summed E-state index contributed by atoms with van der Waals surface area (Å²) < 4.78 is 1.28. The van der Waals surface area contributed by atoms with Crippen molar-refractivity contribution < 1.29 is 0 Å². The van der Waals surface area contributed by atoms with Crippen molar-refractivity contribution in [1.29, 1.82) is 0 Å². The van der Waals surface area contributed by atoms with Gasteiger partial charge in [0.05, 0.1) is 15.2 Å². The Morgan fingerprint density at radius 2 is 2.32 bits per heavy atom. The number of hydrogen-bond acceptors (Lipinski definition) is 3. The smallest absolute Gasteiger partial charge is 0.169 e. The van der Waals surface area contributed by atoms with Crippen molar-refractivity contribution in [3.05, 3.63) is 41.4 Å². The van der Waals surface area contributed by atoms with E-state index in [1.165, 1.54) is 16.1 Å². The van der Waals surface area contributed by atoms with Gasteiger partial charge in [0.2, 0.25) is 0 Å². The summed E-state index contributed by atoms with van der Waals surface area (Å²) in [6.45, 7) is 8.66. The number of fused-ring (bicyclic) bond motifs is 1. The van der Waals surface area contributed by atoms with E-state index in [1.807, 2.05) is 18.3 Å². The molecule has 0 radical (unpaired) electrons. The fourth-order valence-electron chi connectivity index (χ4n) is 2.77. The molecule has 2 aromatic rings. The molecule has 22 heavy (non-hydrogen) atoms. The van der Waals surface area contributed by atoms with Gasteiger partial charge in [-0.2, -0.15) is 0 Å². The van der Waals surface area contributed by atoms with Crippen molar-refractivity contribution in [2.75, 3.05) is 19.6 Å². The summed E-state index contributed by atoms with van der Waals surface area (Å²) in [6, 6.07) is 8.37. The summed E-state index contributed by atoms with van der Waals surface area (Å²) in [7, 11) is 0. The Kier molecular flexibility index (Phi) is 4.74. The first-order chi connectivity index (χ1) is 10.6. The Hall–Kier alpha value is -1.46. The number of thiocarbonyl (C=S) groups is 1. The fourth-order valence-corrected chi connectivity index (χ4v) is 4.10.